The highest BCUT2D eigenvalue weighted by Gasteiger charge is 2.14. The number of halogens is 1. The molecule has 0 saturated carbocycles. The average molecular weight is 240 g/mol. The topological polar surface area (TPSA) is 35.5 Å². The van der Waals surface area contributed by atoms with E-state index in [9.17, 15) is 9.18 Å². The van der Waals surface area contributed by atoms with E-state index >= 15 is 0 Å². The summed E-state index contributed by atoms with van der Waals surface area (Å²) in [6, 6.07) is 2.75. The molecule has 0 amide bonds. The molecule has 1 aromatic carbocycles. The second-order valence-electron chi connectivity index (χ2n) is 4.04. The zero-order valence-electron chi connectivity index (χ0n) is 10.5. The Balaban J connectivity index is 3.04. The van der Waals surface area contributed by atoms with E-state index in [0.717, 1.165) is 0 Å². The van der Waals surface area contributed by atoms with E-state index in [1.54, 1.807) is 14.0 Å². The van der Waals surface area contributed by atoms with E-state index in [1.165, 1.54) is 19.1 Å². The lowest BCUT2D eigenvalue weighted by atomic mass is 10.1. The summed E-state index contributed by atoms with van der Waals surface area (Å²) in [5.41, 5.74) is 0.714. The second kappa shape index (κ2) is 5.77. The number of ether oxygens (including phenoxy) is 2. The van der Waals surface area contributed by atoms with Gasteiger partial charge in [-0.25, -0.2) is 4.39 Å². The summed E-state index contributed by atoms with van der Waals surface area (Å²) in [4.78, 5) is 11.4. The lowest BCUT2D eigenvalue weighted by Gasteiger charge is -2.16. The number of ketones is 1. The SMILES string of the molecule is COCC(C)Oc1cc(C)c(F)cc1C(C)=O. The molecule has 0 aliphatic heterocycles. The Kier molecular flexibility index (Phi) is 4.63. The highest BCUT2D eigenvalue weighted by Crippen LogP contribution is 2.24. The Labute approximate surface area is 101 Å². The molecule has 94 valence electrons. The molecule has 0 aromatic heterocycles. The van der Waals surface area contributed by atoms with E-state index < -0.39 is 5.82 Å². The molecular formula is C13H17FO3. The Hall–Kier alpha value is -1.42. The van der Waals surface area contributed by atoms with Crippen molar-refractivity contribution in [3.63, 3.8) is 0 Å². The minimum atomic E-state index is -0.401. The molecule has 0 fully saturated rings. The van der Waals surface area contributed by atoms with Crippen LogP contribution in [0.15, 0.2) is 12.1 Å². The number of hydrogen-bond donors (Lipinski definition) is 0. The molecule has 0 bridgehead atoms. The Bertz CT molecular complexity index is 415. The number of carbonyl (C=O) groups is 1. The smallest absolute Gasteiger partial charge is 0.163 e. The van der Waals surface area contributed by atoms with Crippen molar-refractivity contribution >= 4 is 5.78 Å². The van der Waals surface area contributed by atoms with Crippen LogP contribution in [-0.4, -0.2) is 25.6 Å². The van der Waals surface area contributed by atoms with Gasteiger partial charge in [-0.15, -0.1) is 0 Å². The Morgan fingerprint density at radius 1 is 1.47 bits per heavy atom. The zero-order chi connectivity index (χ0) is 13.0. The fourth-order valence-corrected chi connectivity index (χ4v) is 1.51. The normalized spacial score (nSPS) is 12.3. The number of methoxy groups -OCH3 is 1. The van der Waals surface area contributed by atoms with Crippen LogP contribution in [0.3, 0.4) is 0 Å². The van der Waals surface area contributed by atoms with Crippen LogP contribution in [0, 0.1) is 12.7 Å². The Morgan fingerprint density at radius 3 is 2.65 bits per heavy atom. The van der Waals surface area contributed by atoms with Gasteiger partial charge in [0.15, 0.2) is 5.78 Å². The van der Waals surface area contributed by atoms with Crippen molar-refractivity contribution in [2.75, 3.05) is 13.7 Å². The molecule has 1 atom stereocenters. The number of carbonyl (C=O) groups excluding carboxylic acids is 1. The molecule has 0 aliphatic rings. The molecule has 1 aromatic rings. The van der Waals surface area contributed by atoms with Crippen LogP contribution in [0.25, 0.3) is 0 Å². The molecular weight excluding hydrogens is 223 g/mol. The van der Waals surface area contributed by atoms with Crippen molar-refractivity contribution in [3.8, 4) is 5.75 Å². The lowest BCUT2D eigenvalue weighted by molar-refractivity contribution is 0.0888. The third-order valence-electron chi connectivity index (χ3n) is 2.37. The van der Waals surface area contributed by atoms with Crippen LogP contribution in [0.1, 0.15) is 29.8 Å². The maximum Gasteiger partial charge on any atom is 0.163 e. The van der Waals surface area contributed by atoms with Crippen LogP contribution in [0.2, 0.25) is 0 Å². The summed E-state index contributed by atoms with van der Waals surface area (Å²) in [5.74, 6) is -0.216. The molecule has 4 heteroatoms. The van der Waals surface area contributed by atoms with Gasteiger partial charge in [0.2, 0.25) is 0 Å². The van der Waals surface area contributed by atoms with Crippen LogP contribution < -0.4 is 4.74 Å². The second-order valence-corrected chi connectivity index (χ2v) is 4.04. The molecule has 17 heavy (non-hydrogen) atoms. The molecule has 0 radical (unpaired) electrons. The van der Waals surface area contributed by atoms with Crippen LogP contribution in [0.5, 0.6) is 5.75 Å². The zero-order valence-corrected chi connectivity index (χ0v) is 10.5. The van der Waals surface area contributed by atoms with Crippen molar-refractivity contribution < 1.29 is 18.7 Å². The van der Waals surface area contributed by atoms with Crippen molar-refractivity contribution in [1.29, 1.82) is 0 Å². The first-order valence-corrected chi connectivity index (χ1v) is 5.42. The van der Waals surface area contributed by atoms with Gasteiger partial charge < -0.3 is 9.47 Å². The Morgan fingerprint density at radius 2 is 2.12 bits per heavy atom. The standard InChI is InChI=1S/C13H17FO3/c1-8-5-13(17-9(2)7-16-4)11(10(3)15)6-12(8)14/h5-6,9H,7H2,1-4H3. The van der Waals surface area contributed by atoms with Gasteiger partial charge in [-0.1, -0.05) is 0 Å². The predicted molar refractivity (Wildman–Crippen MR) is 63.1 cm³/mol. The van der Waals surface area contributed by atoms with Crippen molar-refractivity contribution in [2.24, 2.45) is 0 Å². The summed E-state index contributed by atoms with van der Waals surface area (Å²) in [6.07, 6.45) is -0.192. The van der Waals surface area contributed by atoms with Crippen LogP contribution in [-0.2, 0) is 4.74 Å². The maximum atomic E-state index is 13.4. The first-order chi connectivity index (χ1) is 7.95. The lowest BCUT2D eigenvalue weighted by Crippen LogP contribution is -2.19. The summed E-state index contributed by atoms with van der Waals surface area (Å²) in [6.45, 7) is 5.25. The minimum absolute atomic E-state index is 0.192. The van der Waals surface area contributed by atoms with Gasteiger partial charge >= 0.3 is 0 Å². The van der Waals surface area contributed by atoms with Gasteiger partial charge in [-0.05, 0) is 38.5 Å². The van der Waals surface area contributed by atoms with Crippen molar-refractivity contribution in [3.05, 3.63) is 29.1 Å². The fourth-order valence-electron chi connectivity index (χ4n) is 1.51. The van der Waals surface area contributed by atoms with E-state index in [2.05, 4.69) is 0 Å². The number of benzene rings is 1. The number of rotatable bonds is 5. The molecule has 0 heterocycles. The van der Waals surface area contributed by atoms with Crippen LogP contribution in [0.4, 0.5) is 4.39 Å². The minimum Gasteiger partial charge on any atom is -0.488 e. The number of aryl methyl sites for hydroxylation is 1. The largest absolute Gasteiger partial charge is 0.488 e. The molecule has 0 spiro atoms. The van der Waals surface area contributed by atoms with Crippen molar-refractivity contribution in [2.45, 2.75) is 26.9 Å². The van der Waals surface area contributed by atoms with Crippen LogP contribution >= 0.6 is 0 Å². The maximum absolute atomic E-state index is 13.4. The molecule has 0 aliphatic carbocycles. The predicted octanol–water partition coefficient (Wildman–Crippen LogP) is 2.75. The summed E-state index contributed by atoms with van der Waals surface area (Å²) in [7, 11) is 1.57. The van der Waals surface area contributed by atoms with Gasteiger partial charge in [0.05, 0.1) is 12.2 Å². The van der Waals surface area contributed by atoms with E-state index in [-0.39, 0.29) is 17.5 Å². The quantitative estimate of drug-likeness (QED) is 0.742. The third kappa shape index (κ3) is 3.53. The summed E-state index contributed by atoms with van der Waals surface area (Å²) < 4.78 is 23.9. The molecule has 3 nitrogen and oxygen atoms in total. The molecule has 0 saturated heterocycles. The summed E-state index contributed by atoms with van der Waals surface area (Å²) in [5, 5.41) is 0. The molecule has 1 rings (SSSR count). The van der Waals surface area contributed by atoms with Gasteiger partial charge in [0, 0.05) is 7.11 Å². The average Bonchev–Trinajstić information content (AvgIpc) is 2.23. The van der Waals surface area contributed by atoms with Crippen molar-refractivity contribution in [1.82, 2.24) is 0 Å². The third-order valence-corrected chi connectivity index (χ3v) is 2.37. The molecule has 1 unspecified atom stereocenters. The first kappa shape index (κ1) is 13.6. The first-order valence-electron chi connectivity index (χ1n) is 5.42. The monoisotopic (exact) mass is 240 g/mol. The van der Waals surface area contributed by atoms with Gasteiger partial charge in [-0.2, -0.15) is 0 Å². The highest BCUT2D eigenvalue weighted by atomic mass is 19.1. The van der Waals surface area contributed by atoms with Gasteiger partial charge in [0.25, 0.3) is 0 Å². The highest BCUT2D eigenvalue weighted by molar-refractivity contribution is 5.96. The molecule has 0 N–H and O–H groups in total. The number of Topliss-reactive ketones (excluding diaryl/α,β-unsaturated/α-hetero) is 1. The summed E-state index contributed by atoms with van der Waals surface area (Å²) >= 11 is 0. The van der Waals surface area contributed by atoms with E-state index in [1.807, 2.05) is 6.92 Å². The van der Waals surface area contributed by atoms with E-state index in [4.69, 9.17) is 9.47 Å². The number of hydrogen-bond acceptors (Lipinski definition) is 3. The van der Waals surface area contributed by atoms with Gasteiger partial charge in [-0.3, -0.25) is 4.79 Å². The van der Waals surface area contributed by atoms with E-state index in [0.29, 0.717) is 17.9 Å². The van der Waals surface area contributed by atoms with Gasteiger partial charge in [0.1, 0.15) is 17.7 Å². The fraction of sp³-hybridized carbons (Fsp3) is 0.462.